The Balaban J connectivity index is 1.97. The normalized spacial score (nSPS) is 10.9. The van der Waals surface area contributed by atoms with Gasteiger partial charge in [0.25, 0.3) is 10.0 Å². The Morgan fingerprint density at radius 2 is 1.58 bits per heavy atom. The van der Waals surface area contributed by atoms with Crippen molar-refractivity contribution in [3.63, 3.8) is 0 Å². The van der Waals surface area contributed by atoms with Gasteiger partial charge in [-0.1, -0.05) is 12.1 Å². The monoisotopic (exact) mass is 444 g/mol. The van der Waals surface area contributed by atoms with Crippen LogP contribution < -0.4 is 19.1 Å². The number of carbonyl (C=O) groups is 1. The third-order valence-corrected chi connectivity index (χ3v) is 6.19. The van der Waals surface area contributed by atoms with E-state index in [0.717, 1.165) is 4.31 Å². The van der Waals surface area contributed by atoms with Crippen LogP contribution in [0.4, 0.5) is 15.8 Å². The van der Waals surface area contributed by atoms with Crippen LogP contribution in [0.2, 0.25) is 0 Å². The third kappa shape index (κ3) is 5.13. The van der Waals surface area contributed by atoms with E-state index in [0.29, 0.717) is 11.4 Å². The summed E-state index contributed by atoms with van der Waals surface area (Å²) >= 11 is 0. The van der Waals surface area contributed by atoms with E-state index < -0.39 is 28.3 Å². The molecule has 0 spiro atoms. The van der Waals surface area contributed by atoms with Crippen LogP contribution in [0.25, 0.3) is 0 Å². The fraction of sp³-hybridized carbons (Fsp3) is 0.136. The maximum atomic E-state index is 13.4. The zero-order valence-electron chi connectivity index (χ0n) is 16.9. The zero-order chi connectivity index (χ0) is 22.4. The molecule has 0 saturated carbocycles. The Kier molecular flexibility index (Phi) is 6.76. The molecule has 7 nitrogen and oxygen atoms in total. The lowest BCUT2D eigenvalue weighted by molar-refractivity contribution is -0.114. The lowest BCUT2D eigenvalue weighted by Crippen LogP contribution is -2.38. The number of benzene rings is 3. The van der Waals surface area contributed by atoms with E-state index in [1.807, 2.05) is 0 Å². The van der Waals surface area contributed by atoms with Crippen molar-refractivity contribution in [3.05, 3.63) is 78.6 Å². The number of ether oxygens (including phenoxy) is 2. The van der Waals surface area contributed by atoms with E-state index in [1.54, 1.807) is 24.3 Å². The van der Waals surface area contributed by atoms with Crippen molar-refractivity contribution in [1.82, 2.24) is 0 Å². The van der Waals surface area contributed by atoms with Crippen molar-refractivity contribution in [2.75, 3.05) is 30.4 Å². The van der Waals surface area contributed by atoms with Crippen LogP contribution in [0.3, 0.4) is 0 Å². The molecule has 0 heterocycles. The van der Waals surface area contributed by atoms with Gasteiger partial charge in [-0.05, 0) is 60.7 Å². The SMILES string of the molecule is COc1ccc(S(=O)(=O)N(CC(=O)Nc2ccc(F)cc2)c2ccccc2OC)cc1. The van der Waals surface area contributed by atoms with Crippen LogP contribution in [0.1, 0.15) is 0 Å². The Morgan fingerprint density at radius 1 is 0.935 bits per heavy atom. The molecule has 162 valence electrons. The summed E-state index contributed by atoms with van der Waals surface area (Å²) in [5.41, 5.74) is 0.545. The molecule has 0 aliphatic carbocycles. The Hall–Kier alpha value is -3.59. The van der Waals surface area contributed by atoms with Gasteiger partial charge in [-0.15, -0.1) is 0 Å². The lowest BCUT2D eigenvalue weighted by Gasteiger charge is -2.25. The second-order valence-corrected chi connectivity index (χ2v) is 8.28. The summed E-state index contributed by atoms with van der Waals surface area (Å²) in [6, 6.07) is 17.5. The molecule has 3 rings (SSSR count). The summed E-state index contributed by atoms with van der Waals surface area (Å²) in [4.78, 5) is 12.7. The molecule has 9 heteroatoms. The van der Waals surface area contributed by atoms with Crippen LogP contribution in [-0.4, -0.2) is 35.1 Å². The first-order chi connectivity index (χ1) is 14.8. The Labute approximate surface area is 180 Å². The average molecular weight is 444 g/mol. The van der Waals surface area contributed by atoms with Crippen LogP contribution in [-0.2, 0) is 14.8 Å². The van der Waals surface area contributed by atoms with Crippen molar-refractivity contribution >= 4 is 27.3 Å². The van der Waals surface area contributed by atoms with Crippen LogP contribution in [0, 0.1) is 5.82 Å². The maximum absolute atomic E-state index is 13.4. The molecule has 3 aromatic carbocycles. The highest BCUT2D eigenvalue weighted by Gasteiger charge is 2.29. The smallest absolute Gasteiger partial charge is 0.264 e. The van der Waals surface area contributed by atoms with Crippen LogP contribution in [0.5, 0.6) is 11.5 Å². The van der Waals surface area contributed by atoms with Crippen molar-refractivity contribution in [1.29, 1.82) is 0 Å². The van der Waals surface area contributed by atoms with Gasteiger partial charge in [0.05, 0.1) is 24.8 Å². The maximum Gasteiger partial charge on any atom is 0.264 e. The fourth-order valence-corrected chi connectivity index (χ4v) is 4.31. The molecule has 0 saturated heterocycles. The van der Waals surface area contributed by atoms with Gasteiger partial charge in [0.1, 0.15) is 23.9 Å². The lowest BCUT2D eigenvalue weighted by atomic mass is 10.3. The van der Waals surface area contributed by atoms with Crippen LogP contribution >= 0.6 is 0 Å². The van der Waals surface area contributed by atoms with E-state index in [-0.39, 0.29) is 16.3 Å². The van der Waals surface area contributed by atoms with E-state index in [4.69, 9.17) is 9.47 Å². The van der Waals surface area contributed by atoms with E-state index in [2.05, 4.69) is 5.32 Å². The van der Waals surface area contributed by atoms with E-state index in [9.17, 15) is 17.6 Å². The van der Waals surface area contributed by atoms with Gasteiger partial charge in [0, 0.05) is 5.69 Å². The quantitative estimate of drug-likeness (QED) is 0.573. The number of halogens is 1. The van der Waals surface area contributed by atoms with Crippen molar-refractivity contribution in [2.24, 2.45) is 0 Å². The highest BCUT2D eigenvalue weighted by molar-refractivity contribution is 7.92. The largest absolute Gasteiger partial charge is 0.497 e. The highest BCUT2D eigenvalue weighted by Crippen LogP contribution is 2.32. The molecule has 0 fully saturated rings. The summed E-state index contributed by atoms with van der Waals surface area (Å²) < 4.78 is 51.3. The molecule has 31 heavy (non-hydrogen) atoms. The first-order valence-electron chi connectivity index (χ1n) is 9.20. The molecular formula is C22H21FN2O5S. The van der Waals surface area contributed by atoms with Gasteiger partial charge in [0.15, 0.2) is 0 Å². The number of amides is 1. The van der Waals surface area contributed by atoms with E-state index >= 15 is 0 Å². The van der Waals surface area contributed by atoms with Gasteiger partial charge in [-0.3, -0.25) is 9.10 Å². The minimum absolute atomic E-state index is 0.0196. The highest BCUT2D eigenvalue weighted by atomic mass is 32.2. The summed E-state index contributed by atoms with van der Waals surface area (Å²) in [7, 11) is -1.24. The van der Waals surface area contributed by atoms with Crippen LogP contribution in [0.15, 0.2) is 77.7 Å². The first-order valence-corrected chi connectivity index (χ1v) is 10.6. The molecule has 0 unspecified atom stereocenters. The van der Waals surface area contributed by atoms with E-state index in [1.165, 1.54) is 62.8 Å². The third-order valence-electron chi connectivity index (χ3n) is 4.42. The number of hydrogen-bond acceptors (Lipinski definition) is 5. The molecule has 0 radical (unpaired) electrons. The van der Waals surface area contributed by atoms with Crippen molar-refractivity contribution in [2.45, 2.75) is 4.90 Å². The number of carbonyl (C=O) groups excluding carboxylic acids is 1. The predicted octanol–water partition coefficient (Wildman–Crippen LogP) is 3.68. The molecular weight excluding hydrogens is 423 g/mol. The molecule has 0 aliphatic heterocycles. The number of anilines is 2. The zero-order valence-corrected chi connectivity index (χ0v) is 17.7. The number of nitrogens with one attached hydrogen (secondary N) is 1. The van der Waals surface area contributed by atoms with Gasteiger partial charge in [-0.2, -0.15) is 0 Å². The summed E-state index contributed by atoms with van der Waals surface area (Å²) in [6.45, 7) is -0.522. The average Bonchev–Trinajstić information content (AvgIpc) is 2.79. The Bertz CT molecular complexity index is 1150. The standard InChI is InChI=1S/C22H21FN2O5S/c1-29-18-11-13-19(14-12-18)31(27,28)25(20-5-3-4-6-21(20)30-2)15-22(26)24-17-9-7-16(23)8-10-17/h3-14H,15H2,1-2H3,(H,24,26). The Morgan fingerprint density at radius 3 is 2.19 bits per heavy atom. The number of hydrogen-bond donors (Lipinski definition) is 1. The molecule has 0 bridgehead atoms. The minimum Gasteiger partial charge on any atom is -0.497 e. The number of methoxy groups -OCH3 is 2. The number of rotatable bonds is 8. The number of nitrogens with zero attached hydrogens (tertiary/aromatic N) is 1. The molecule has 3 aromatic rings. The summed E-state index contributed by atoms with van der Waals surface area (Å²) in [5, 5.41) is 2.58. The molecule has 0 aliphatic rings. The van der Waals surface area contributed by atoms with Gasteiger partial charge in [0.2, 0.25) is 5.91 Å². The second kappa shape index (κ2) is 9.48. The summed E-state index contributed by atoms with van der Waals surface area (Å²) in [6.07, 6.45) is 0. The van der Waals surface area contributed by atoms with Gasteiger partial charge < -0.3 is 14.8 Å². The number of sulfonamides is 1. The fourth-order valence-electron chi connectivity index (χ4n) is 2.87. The van der Waals surface area contributed by atoms with Gasteiger partial charge >= 0.3 is 0 Å². The minimum atomic E-state index is -4.13. The predicted molar refractivity (Wildman–Crippen MR) is 116 cm³/mol. The van der Waals surface area contributed by atoms with Crippen molar-refractivity contribution < 1.29 is 27.1 Å². The topological polar surface area (TPSA) is 84.9 Å². The molecule has 1 amide bonds. The second-order valence-electron chi connectivity index (χ2n) is 6.41. The van der Waals surface area contributed by atoms with Crippen molar-refractivity contribution in [3.8, 4) is 11.5 Å². The summed E-state index contributed by atoms with van der Waals surface area (Å²) in [5.74, 6) is -0.267. The van der Waals surface area contributed by atoms with Gasteiger partial charge in [-0.25, -0.2) is 12.8 Å². The molecule has 0 aromatic heterocycles. The molecule has 0 atom stereocenters. The molecule has 1 N–H and O–H groups in total. The first kappa shape index (κ1) is 22.1. The number of para-hydroxylation sites is 2.